The van der Waals surface area contributed by atoms with Crippen LogP contribution in [0.1, 0.15) is 45.9 Å². The van der Waals surface area contributed by atoms with E-state index in [2.05, 4.69) is 15.0 Å². The summed E-state index contributed by atoms with van der Waals surface area (Å²) in [4.78, 5) is 21.6. The van der Waals surface area contributed by atoms with Crippen molar-refractivity contribution in [2.75, 3.05) is 26.2 Å². The molecule has 2 N–H and O–H groups in total. The fourth-order valence-corrected chi connectivity index (χ4v) is 5.02. The Bertz CT molecular complexity index is 1310. The highest BCUT2D eigenvalue weighted by atomic mass is 32.2. The van der Waals surface area contributed by atoms with Crippen molar-refractivity contribution in [3.8, 4) is 11.4 Å². The molecule has 1 aliphatic rings. The van der Waals surface area contributed by atoms with Crippen LogP contribution in [0.15, 0.2) is 45.8 Å². The normalized spacial score (nSPS) is 16.0. The third kappa shape index (κ3) is 4.89. The second kappa shape index (κ2) is 9.28. The van der Waals surface area contributed by atoms with Gasteiger partial charge in [0.1, 0.15) is 0 Å². The second-order valence-electron chi connectivity index (χ2n) is 8.80. The van der Waals surface area contributed by atoms with Crippen LogP contribution in [0.5, 0.6) is 0 Å². The van der Waals surface area contributed by atoms with Crippen LogP contribution >= 0.6 is 0 Å². The van der Waals surface area contributed by atoms with Crippen molar-refractivity contribution in [1.82, 2.24) is 19.9 Å². The zero-order chi connectivity index (χ0) is 24.6. The molecule has 1 aromatic heterocycles. The Hall–Kier alpha value is -3.08. The van der Waals surface area contributed by atoms with E-state index in [1.807, 2.05) is 38.1 Å². The minimum absolute atomic E-state index is 0.0190. The van der Waals surface area contributed by atoms with E-state index in [0.717, 1.165) is 16.7 Å². The summed E-state index contributed by atoms with van der Waals surface area (Å²) < 4.78 is 29.3. The van der Waals surface area contributed by atoms with Crippen molar-refractivity contribution in [2.45, 2.75) is 38.6 Å². The molecule has 0 radical (unpaired) electrons. The van der Waals surface area contributed by atoms with Crippen LogP contribution in [-0.4, -0.2) is 60.4 Å². The number of carbonyl (C=O) groups is 1. The minimum Gasteiger partial charge on any atom is -0.337 e. The number of hydrogen-bond acceptors (Lipinski definition) is 7. The largest absolute Gasteiger partial charge is 0.337 e. The summed E-state index contributed by atoms with van der Waals surface area (Å²) in [6.45, 7) is 9.75. The highest BCUT2D eigenvalue weighted by molar-refractivity contribution is 7.89. The Morgan fingerprint density at radius 1 is 1.03 bits per heavy atom. The number of aromatic nitrogens is 2. The molecule has 10 heteroatoms. The van der Waals surface area contributed by atoms with Gasteiger partial charge in [-0.1, -0.05) is 41.1 Å². The van der Waals surface area contributed by atoms with Crippen molar-refractivity contribution in [2.24, 2.45) is 5.14 Å². The number of nitrogens with zero attached hydrogens (tertiary/aromatic N) is 4. The summed E-state index contributed by atoms with van der Waals surface area (Å²) in [5.41, 5.74) is 3.67. The van der Waals surface area contributed by atoms with E-state index in [4.69, 9.17) is 9.66 Å². The molecule has 34 heavy (non-hydrogen) atoms. The molecule has 1 amide bonds. The van der Waals surface area contributed by atoms with E-state index in [1.165, 1.54) is 6.07 Å². The summed E-state index contributed by atoms with van der Waals surface area (Å²) in [7, 11) is -3.91. The molecule has 1 fully saturated rings. The van der Waals surface area contributed by atoms with E-state index in [0.29, 0.717) is 49.0 Å². The molecule has 1 aliphatic heterocycles. The summed E-state index contributed by atoms with van der Waals surface area (Å²) in [6, 6.07) is 10.9. The van der Waals surface area contributed by atoms with Crippen LogP contribution in [0, 0.1) is 20.8 Å². The average molecular weight is 484 g/mol. The zero-order valence-corrected chi connectivity index (χ0v) is 20.6. The van der Waals surface area contributed by atoms with Crippen molar-refractivity contribution < 1.29 is 17.7 Å². The first kappa shape index (κ1) is 24.1. The van der Waals surface area contributed by atoms with Gasteiger partial charge in [-0.15, -0.1) is 0 Å². The van der Waals surface area contributed by atoms with Crippen molar-refractivity contribution in [3.63, 3.8) is 0 Å². The Kier molecular flexibility index (Phi) is 6.57. The van der Waals surface area contributed by atoms with Gasteiger partial charge in [-0.25, -0.2) is 13.6 Å². The maximum atomic E-state index is 13.2. The van der Waals surface area contributed by atoms with Crippen LogP contribution in [0.25, 0.3) is 11.4 Å². The monoisotopic (exact) mass is 483 g/mol. The fourth-order valence-electron chi connectivity index (χ4n) is 4.23. The molecule has 0 aliphatic carbocycles. The molecule has 3 aromatic rings. The quantitative estimate of drug-likeness (QED) is 0.592. The number of hydrogen-bond donors (Lipinski definition) is 1. The number of piperazine rings is 1. The van der Waals surface area contributed by atoms with Gasteiger partial charge in [-0.3, -0.25) is 9.69 Å². The summed E-state index contributed by atoms with van der Waals surface area (Å²) in [5.74, 6) is 0.882. The number of primary sulfonamides is 1. The number of amides is 1. The molecular formula is C24H29N5O4S. The predicted molar refractivity (Wildman–Crippen MR) is 128 cm³/mol. The molecule has 2 heterocycles. The number of benzene rings is 2. The maximum Gasteiger partial charge on any atom is 0.254 e. The molecular weight excluding hydrogens is 454 g/mol. The third-order valence-electron chi connectivity index (χ3n) is 6.32. The molecule has 0 saturated carbocycles. The van der Waals surface area contributed by atoms with Gasteiger partial charge in [0.2, 0.25) is 21.7 Å². The van der Waals surface area contributed by atoms with E-state index in [1.54, 1.807) is 24.8 Å². The summed E-state index contributed by atoms with van der Waals surface area (Å²) in [6.07, 6.45) is 0. The first-order chi connectivity index (χ1) is 16.0. The molecule has 1 atom stereocenters. The topological polar surface area (TPSA) is 123 Å². The van der Waals surface area contributed by atoms with E-state index >= 15 is 0 Å². The maximum absolute atomic E-state index is 13.2. The van der Waals surface area contributed by atoms with E-state index in [9.17, 15) is 13.2 Å². The van der Waals surface area contributed by atoms with Gasteiger partial charge in [0.05, 0.1) is 10.9 Å². The first-order valence-electron chi connectivity index (χ1n) is 11.1. The molecule has 9 nitrogen and oxygen atoms in total. The van der Waals surface area contributed by atoms with Crippen molar-refractivity contribution in [3.05, 3.63) is 64.5 Å². The minimum atomic E-state index is -3.91. The number of aryl methyl sites for hydroxylation is 3. The Morgan fingerprint density at radius 2 is 1.68 bits per heavy atom. The number of sulfonamides is 1. The van der Waals surface area contributed by atoms with Crippen LogP contribution in [0.2, 0.25) is 0 Å². The molecule has 0 spiro atoms. The predicted octanol–water partition coefficient (Wildman–Crippen LogP) is 2.83. The number of nitrogens with two attached hydrogens (primary N) is 1. The fraction of sp³-hybridized carbons (Fsp3) is 0.375. The molecule has 4 rings (SSSR count). The first-order valence-corrected chi connectivity index (χ1v) is 12.7. The zero-order valence-electron chi connectivity index (χ0n) is 19.8. The molecule has 0 bridgehead atoms. The lowest BCUT2D eigenvalue weighted by Crippen LogP contribution is -2.49. The average Bonchev–Trinajstić information content (AvgIpc) is 3.28. The van der Waals surface area contributed by atoms with Gasteiger partial charge in [0.25, 0.3) is 5.91 Å². The smallest absolute Gasteiger partial charge is 0.254 e. The Morgan fingerprint density at radius 3 is 2.29 bits per heavy atom. The Labute approximate surface area is 199 Å². The molecule has 1 saturated heterocycles. The van der Waals surface area contributed by atoms with Crippen molar-refractivity contribution >= 4 is 15.9 Å². The summed E-state index contributed by atoms with van der Waals surface area (Å²) in [5, 5.41) is 9.45. The van der Waals surface area contributed by atoms with E-state index in [-0.39, 0.29) is 16.8 Å². The number of carbonyl (C=O) groups excluding carboxylic acids is 1. The highest BCUT2D eigenvalue weighted by Gasteiger charge is 2.29. The van der Waals surface area contributed by atoms with Gasteiger partial charge in [0.15, 0.2) is 0 Å². The van der Waals surface area contributed by atoms with Crippen LogP contribution in [0.4, 0.5) is 0 Å². The molecule has 1 unspecified atom stereocenters. The van der Waals surface area contributed by atoms with Crippen LogP contribution in [-0.2, 0) is 10.0 Å². The van der Waals surface area contributed by atoms with Gasteiger partial charge in [0, 0.05) is 37.3 Å². The van der Waals surface area contributed by atoms with Crippen LogP contribution < -0.4 is 5.14 Å². The summed E-state index contributed by atoms with van der Waals surface area (Å²) >= 11 is 0. The van der Waals surface area contributed by atoms with Crippen LogP contribution in [0.3, 0.4) is 0 Å². The molecule has 180 valence electrons. The standard InChI is InChI=1S/C24H29N5O4S/c1-15-5-7-19(8-6-15)22-26-23(33-27-22)18(4)28-9-11-29(12-10-28)24(30)20-14-21(34(25,31)32)17(3)13-16(20)2/h5-8,13-14,18H,9-12H2,1-4H3,(H2,25,31,32). The second-order valence-corrected chi connectivity index (χ2v) is 10.3. The Balaban J connectivity index is 1.43. The van der Waals surface area contributed by atoms with Gasteiger partial charge >= 0.3 is 0 Å². The number of rotatable bonds is 5. The lowest BCUT2D eigenvalue weighted by molar-refractivity contribution is 0.0551. The lowest BCUT2D eigenvalue weighted by atomic mass is 10.0. The van der Waals surface area contributed by atoms with Crippen molar-refractivity contribution in [1.29, 1.82) is 0 Å². The van der Waals surface area contributed by atoms with Gasteiger partial charge in [-0.05, 0) is 44.9 Å². The third-order valence-corrected chi connectivity index (χ3v) is 7.37. The SMILES string of the molecule is Cc1ccc(-c2noc(C(C)N3CCN(C(=O)c4cc(S(N)(=O)=O)c(C)cc4C)CC3)n2)cc1. The molecule has 2 aromatic carbocycles. The lowest BCUT2D eigenvalue weighted by Gasteiger charge is -2.37. The van der Waals surface area contributed by atoms with Gasteiger partial charge < -0.3 is 9.42 Å². The van der Waals surface area contributed by atoms with Gasteiger partial charge in [-0.2, -0.15) is 4.98 Å². The van der Waals surface area contributed by atoms with E-state index < -0.39 is 10.0 Å². The highest BCUT2D eigenvalue weighted by Crippen LogP contribution is 2.25.